The minimum Gasteiger partial charge on any atom is -0.444 e. The first kappa shape index (κ1) is 19.3. The number of nitriles is 1. The highest BCUT2D eigenvalue weighted by Crippen LogP contribution is 2.37. The van der Waals surface area contributed by atoms with E-state index in [0.717, 1.165) is 32.7 Å². The van der Waals surface area contributed by atoms with Gasteiger partial charge in [-0.1, -0.05) is 30.3 Å². The van der Waals surface area contributed by atoms with Crippen LogP contribution in [-0.4, -0.2) is 29.4 Å². The minimum absolute atomic E-state index is 0.306. The summed E-state index contributed by atoms with van der Waals surface area (Å²) in [5, 5.41) is 9.73. The quantitative estimate of drug-likeness (QED) is 0.669. The maximum absolute atomic E-state index is 12.6. The topological polar surface area (TPSA) is 53.3 Å². The van der Waals surface area contributed by atoms with Gasteiger partial charge < -0.3 is 9.64 Å². The number of benzene rings is 2. The smallest absolute Gasteiger partial charge is 0.410 e. The summed E-state index contributed by atoms with van der Waals surface area (Å²) in [7, 11) is 0. The fraction of sp³-hybridized carbons (Fsp3) is 0.364. The zero-order valence-electron chi connectivity index (χ0n) is 16.2. The number of hydrogen-bond acceptors (Lipinski definition) is 4. The molecule has 27 heavy (non-hydrogen) atoms. The second kappa shape index (κ2) is 7.66. The van der Waals surface area contributed by atoms with Crippen LogP contribution in [0.2, 0.25) is 0 Å². The van der Waals surface area contributed by atoms with Crippen molar-refractivity contribution in [1.82, 2.24) is 4.90 Å². The Labute approximate surface area is 165 Å². The largest absolute Gasteiger partial charge is 0.444 e. The Morgan fingerprint density at radius 2 is 1.93 bits per heavy atom. The molecule has 0 fully saturated rings. The van der Waals surface area contributed by atoms with Gasteiger partial charge in [-0.05, 0) is 61.8 Å². The zero-order valence-corrected chi connectivity index (χ0v) is 17.0. The second-order valence-corrected chi connectivity index (χ2v) is 8.44. The molecule has 0 spiro atoms. The fourth-order valence-electron chi connectivity index (χ4n) is 3.37. The molecule has 140 valence electrons. The van der Waals surface area contributed by atoms with Crippen molar-refractivity contribution in [1.29, 1.82) is 5.26 Å². The van der Waals surface area contributed by atoms with Crippen LogP contribution in [0.1, 0.15) is 37.5 Å². The van der Waals surface area contributed by atoms with Gasteiger partial charge >= 0.3 is 6.09 Å². The number of carbonyl (C=O) groups is 1. The van der Waals surface area contributed by atoms with E-state index in [2.05, 4.69) is 24.3 Å². The highest BCUT2D eigenvalue weighted by molar-refractivity contribution is 7.98. The Hall–Kier alpha value is -2.45. The number of nitrogens with zero attached hydrogens (tertiary/aromatic N) is 2. The van der Waals surface area contributed by atoms with Crippen molar-refractivity contribution in [3.8, 4) is 17.2 Å². The number of carbonyl (C=O) groups excluding carboxylic acids is 1. The molecule has 2 aromatic rings. The van der Waals surface area contributed by atoms with Gasteiger partial charge in [0.05, 0.1) is 5.56 Å². The lowest BCUT2D eigenvalue weighted by Gasteiger charge is -2.33. The zero-order chi connectivity index (χ0) is 19.6. The lowest BCUT2D eigenvalue weighted by Crippen LogP contribution is -2.40. The molecule has 1 aliphatic rings. The number of thioether (sulfide) groups is 1. The number of amides is 1. The maximum Gasteiger partial charge on any atom is 0.410 e. The van der Waals surface area contributed by atoms with Gasteiger partial charge in [-0.2, -0.15) is 5.26 Å². The third kappa shape index (κ3) is 4.12. The first-order valence-electron chi connectivity index (χ1n) is 9.00. The van der Waals surface area contributed by atoms with Crippen LogP contribution in [0.4, 0.5) is 4.79 Å². The molecule has 0 aliphatic carbocycles. The van der Waals surface area contributed by atoms with Gasteiger partial charge in [0.2, 0.25) is 0 Å². The van der Waals surface area contributed by atoms with Crippen LogP contribution in [-0.2, 0) is 17.7 Å². The Bertz CT molecular complexity index is 895. The Morgan fingerprint density at radius 1 is 1.22 bits per heavy atom. The first-order chi connectivity index (χ1) is 12.8. The van der Waals surface area contributed by atoms with Crippen molar-refractivity contribution in [2.24, 2.45) is 0 Å². The summed E-state index contributed by atoms with van der Waals surface area (Å²) in [6.45, 7) is 6.63. The monoisotopic (exact) mass is 380 g/mol. The van der Waals surface area contributed by atoms with Gasteiger partial charge in [0.25, 0.3) is 0 Å². The van der Waals surface area contributed by atoms with E-state index in [9.17, 15) is 10.1 Å². The molecule has 5 heteroatoms. The first-order valence-corrected chi connectivity index (χ1v) is 10.2. The van der Waals surface area contributed by atoms with Gasteiger partial charge in [-0.25, -0.2) is 4.79 Å². The number of fused-ring (bicyclic) bond motifs is 1. The average Bonchev–Trinajstić information content (AvgIpc) is 2.65. The molecular formula is C22H24N2O2S. The van der Waals surface area contributed by atoms with Crippen molar-refractivity contribution in [2.45, 2.75) is 44.2 Å². The molecule has 3 rings (SSSR count). The summed E-state index contributed by atoms with van der Waals surface area (Å²) in [4.78, 5) is 15.3. The van der Waals surface area contributed by atoms with Crippen LogP contribution >= 0.6 is 11.8 Å². The highest BCUT2D eigenvalue weighted by atomic mass is 32.2. The van der Waals surface area contributed by atoms with E-state index in [1.165, 1.54) is 0 Å². The maximum atomic E-state index is 12.6. The lowest BCUT2D eigenvalue weighted by molar-refractivity contribution is 0.0224. The van der Waals surface area contributed by atoms with Gasteiger partial charge in [-0.3, -0.25) is 0 Å². The van der Waals surface area contributed by atoms with Crippen molar-refractivity contribution in [3.63, 3.8) is 0 Å². The van der Waals surface area contributed by atoms with Gasteiger partial charge in [0.15, 0.2) is 0 Å². The van der Waals surface area contributed by atoms with E-state index in [1.807, 2.05) is 45.2 Å². The van der Waals surface area contributed by atoms with Crippen LogP contribution in [0, 0.1) is 11.3 Å². The molecule has 1 aliphatic heterocycles. The molecule has 2 aromatic carbocycles. The molecule has 1 amide bonds. The summed E-state index contributed by atoms with van der Waals surface area (Å²) < 4.78 is 5.56. The molecule has 0 saturated carbocycles. The van der Waals surface area contributed by atoms with Crippen molar-refractivity contribution in [2.75, 3.05) is 12.8 Å². The van der Waals surface area contributed by atoms with Crippen LogP contribution in [0.3, 0.4) is 0 Å². The van der Waals surface area contributed by atoms with Crippen LogP contribution in [0.15, 0.2) is 41.3 Å². The third-order valence-corrected chi connectivity index (χ3v) is 5.32. The van der Waals surface area contributed by atoms with Gasteiger partial charge in [-0.15, -0.1) is 11.8 Å². The normalized spacial score (nSPS) is 13.7. The molecule has 4 nitrogen and oxygen atoms in total. The van der Waals surface area contributed by atoms with E-state index >= 15 is 0 Å². The minimum atomic E-state index is -0.528. The Morgan fingerprint density at radius 3 is 2.52 bits per heavy atom. The molecule has 0 bridgehead atoms. The Kier molecular flexibility index (Phi) is 5.48. The molecule has 0 unspecified atom stereocenters. The van der Waals surface area contributed by atoms with Crippen LogP contribution in [0.5, 0.6) is 0 Å². The van der Waals surface area contributed by atoms with Crippen molar-refractivity contribution in [3.05, 3.63) is 53.1 Å². The molecule has 0 radical (unpaired) electrons. The molecule has 0 saturated heterocycles. The average molecular weight is 381 g/mol. The molecule has 1 heterocycles. The summed E-state index contributed by atoms with van der Waals surface area (Å²) in [6.07, 6.45) is 2.35. The van der Waals surface area contributed by atoms with E-state index in [4.69, 9.17) is 4.74 Å². The van der Waals surface area contributed by atoms with E-state index < -0.39 is 5.60 Å². The second-order valence-electron chi connectivity index (χ2n) is 7.59. The number of rotatable bonds is 2. The summed E-state index contributed by atoms with van der Waals surface area (Å²) in [5.74, 6) is 0. The van der Waals surface area contributed by atoms with E-state index in [0.29, 0.717) is 19.5 Å². The van der Waals surface area contributed by atoms with Gasteiger partial charge in [0, 0.05) is 18.0 Å². The molecular weight excluding hydrogens is 356 g/mol. The molecule has 0 atom stereocenters. The highest BCUT2D eigenvalue weighted by Gasteiger charge is 2.29. The predicted molar refractivity (Wildman–Crippen MR) is 109 cm³/mol. The third-order valence-electron chi connectivity index (χ3n) is 4.56. The fourth-order valence-corrected chi connectivity index (χ4v) is 3.98. The summed E-state index contributed by atoms with van der Waals surface area (Å²) >= 11 is 1.59. The number of hydrogen-bond donors (Lipinski definition) is 0. The number of ether oxygens (including phenoxy) is 1. The van der Waals surface area contributed by atoms with Crippen molar-refractivity contribution >= 4 is 17.9 Å². The lowest BCUT2D eigenvalue weighted by atomic mass is 9.88. The summed E-state index contributed by atoms with van der Waals surface area (Å²) in [6, 6.07) is 14.6. The standard InChI is InChI=1S/C22H24N2O2S/c1-22(2,3)26-21(25)24-11-10-16-18(13-23)20(27-4)12-17(19(16)14-24)15-8-6-5-7-9-15/h5-9,12H,10-11,14H2,1-4H3. The molecule has 0 N–H and O–H groups in total. The van der Waals surface area contributed by atoms with E-state index in [-0.39, 0.29) is 6.09 Å². The SMILES string of the molecule is CSc1cc(-c2ccccc2)c2c(c1C#N)CCN(C(=O)OC(C)(C)C)C2. The van der Waals surface area contributed by atoms with Gasteiger partial charge in [0.1, 0.15) is 11.7 Å². The van der Waals surface area contributed by atoms with E-state index in [1.54, 1.807) is 16.7 Å². The Balaban J connectivity index is 2.08. The van der Waals surface area contributed by atoms with Crippen LogP contribution in [0.25, 0.3) is 11.1 Å². The summed E-state index contributed by atoms with van der Waals surface area (Å²) in [5.41, 5.74) is 4.50. The molecule has 0 aromatic heterocycles. The van der Waals surface area contributed by atoms with Crippen molar-refractivity contribution < 1.29 is 9.53 Å². The van der Waals surface area contributed by atoms with Crippen LogP contribution < -0.4 is 0 Å². The predicted octanol–water partition coefficient (Wildman–Crippen LogP) is 5.24.